The third kappa shape index (κ3) is 24.4. The van der Waals surface area contributed by atoms with Crippen LogP contribution in [0.15, 0.2) is 60.7 Å². The summed E-state index contributed by atoms with van der Waals surface area (Å²) in [4.78, 5) is 10.6. The first-order valence-corrected chi connectivity index (χ1v) is 9.84. The molecule has 0 spiro atoms. The summed E-state index contributed by atoms with van der Waals surface area (Å²) in [6.07, 6.45) is 1.14. The van der Waals surface area contributed by atoms with Gasteiger partial charge in [-0.25, -0.2) is 0 Å². The Balaban J connectivity index is -0.0000000568. The maximum absolute atomic E-state index is 10.6. The van der Waals surface area contributed by atoms with Crippen LogP contribution >= 0.6 is 0 Å². The molecule has 0 aliphatic carbocycles. The zero-order valence-electron chi connectivity index (χ0n) is 18.4. The zero-order valence-corrected chi connectivity index (χ0v) is 18.4. The maximum atomic E-state index is 10.6. The molecule has 1 heteroatoms. The third-order valence-electron chi connectivity index (χ3n) is 2.43. The lowest BCUT2D eigenvalue weighted by atomic mass is 10.2. The molecular weight excluding hydrogens is 316 g/mol. The van der Waals surface area contributed by atoms with Gasteiger partial charge in [-0.2, -0.15) is 0 Å². The monoisotopic (exact) mass is 364 g/mol. The van der Waals surface area contributed by atoms with E-state index in [9.17, 15) is 4.79 Å². The van der Waals surface area contributed by atoms with Crippen molar-refractivity contribution in [1.82, 2.24) is 0 Å². The number of carbonyl (C=O) groups is 1. The summed E-state index contributed by atoms with van der Waals surface area (Å²) in [6, 6.07) is 19.7. The normalized spacial score (nSPS) is 6.85. The number of ketones is 1. The van der Waals surface area contributed by atoms with Crippen molar-refractivity contribution in [2.45, 2.75) is 83.1 Å². The summed E-state index contributed by atoms with van der Waals surface area (Å²) in [5, 5.41) is 0. The minimum absolute atomic E-state index is 0. The van der Waals surface area contributed by atoms with E-state index in [0.717, 1.165) is 12.0 Å². The SMILES string of the molecule is C.CC.CC.CC.CC.CC(=O)c1ccccc1.CCc1ccccc1.[HH]. The first kappa shape index (κ1) is 35.3. The van der Waals surface area contributed by atoms with Gasteiger partial charge in [-0.1, -0.05) is 130 Å². The Morgan fingerprint density at radius 2 is 1.00 bits per heavy atom. The lowest BCUT2D eigenvalue weighted by Crippen LogP contribution is -1.88. The molecule has 0 aliphatic heterocycles. The predicted octanol–water partition coefficient (Wildman–Crippen LogP) is 9.13. The van der Waals surface area contributed by atoms with E-state index in [4.69, 9.17) is 0 Å². The van der Waals surface area contributed by atoms with Gasteiger partial charge in [0.25, 0.3) is 0 Å². The Hall–Kier alpha value is -1.89. The van der Waals surface area contributed by atoms with Gasteiger partial charge in [0, 0.05) is 6.99 Å². The number of hydrogen-bond donors (Lipinski definition) is 0. The first-order valence-electron chi connectivity index (χ1n) is 9.84. The molecule has 1 nitrogen and oxygen atoms in total. The smallest absolute Gasteiger partial charge is 0.159 e. The molecule has 2 aromatic carbocycles. The predicted molar refractivity (Wildman–Crippen MR) is 127 cm³/mol. The van der Waals surface area contributed by atoms with Crippen molar-refractivity contribution >= 4 is 5.78 Å². The van der Waals surface area contributed by atoms with Crippen LogP contribution in [0.5, 0.6) is 0 Å². The summed E-state index contributed by atoms with van der Waals surface area (Å²) in [5.74, 6) is 0.121. The molecule has 26 heavy (non-hydrogen) atoms. The molecule has 0 fully saturated rings. The van der Waals surface area contributed by atoms with Crippen LogP contribution in [0.3, 0.4) is 0 Å². The molecule has 2 aromatic rings. The number of Topliss-reactive ketones (excluding diaryl/α,β-unsaturated/α-hetero) is 1. The van der Waals surface area contributed by atoms with E-state index in [1.807, 2.05) is 91.8 Å². The number of aryl methyl sites for hydroxylation is 1. The quantitative estimate of drug-likeness (QED) is 0.485. The Kier molecular flexibility index (Phi) is 46.7. The van der Waals surface area contributed by atoms with Crippen LogP contribution in [0.25, 0.3) is 0 Å². The maximum Gasteiger partial charge on any atom is 0.159 e. The highest BCUT2D eigenvalue weighted by Crippen LogP contribution is 1.98. The summed E-state index contributed by atoms with van der Waals surface area (Å²) in [5.41, 5.74) is 2.19. The Labute approximate surface area is 167 Å². The van der Waals surface area contributed by atoms with Gasteiger partial charge < -0.3 is 0 Å². The highest BCUT2D eigenvalue weighted by molar-refractivity contribution is 5.93. The average molecular weight is 365 g/mol. The summed E-state index contributed by atoms with van der Waals surface area (Å²) < 4.78 is 0. The Morgan fingerprint density at radius 1 is 0.692 bits per heavy atom. The second-order valence-electron chi connectivity index (χ2n) is 3.76. The summed E-state index contributed by atoms with van der Waals surface area (Å²) >= 11 is 0. The fraction of sp³-hybridized carbons (Fsp3) is 0.480. The van der Waals surface area contributed by atoms with Crippen LogP contribution in [-0.2, 0) is 6.42 Å². The molecule has 0 saturated carbocycles. The second-order valence-corrected chi connectivity index (χ2v) is 3.76. The fourth-order valence-corrected chi connectivity index (χ4v) is 1.39. The Bertz CT molecular complexity index is 438. The zero-order chi connectivity index (χ0) is 20.5. The molecule has 154 valence electrons. The molecule has 0 radical (unpaired) electrons. The molecule has 0 amide bonds. The van der Waals surface area contributed by atoms with Crippen LogP contribution in [-0.4, -0.2) is 5.78 Å². The van der Waals surface area contributed by atoms with Crippen LogP contribution in [0, 0.1) is 0 Å². The number of rotatable bonds is 2. The van der Waals surface area contributed by atoms with Crippen molar-refractivity contribution in [1.29, 1.82) is 0 Å². The molecule has 0 heterocycles. The van der Waals surface area contributed by atoms with E-state index in [2.05, 4.69) is 31.2 Å². The molecule has 0 saturated heterocycles. The van der Waals surface area contributed by atoms with Crippen LogP contribution in [0.4, 0.5) is 0 Å². The van der Waals surface area contributed by atoms with Gasteiger partial charge in [0.1, 0.15) is 0 Å². The largest absolute Gasteiger partial charge is 0.295 e. The van der Waals surface area contributed by atoms with E-state index in [0.29, 0.717) is 0 Å². The van der Waals surface area contributed by atoms with E-state index < -0.39 is 0 Å². The molecule has 2 rings (SSSR count). The van der Waals surface area contributed by atoms with Gasteiger partial charge in [-0.3, -0.25) is 4.79 Å². The summed E-state index contributed by atoms with van der Waals surface area (Å²) in [6.45, 7) is 19.7. The highest BCUT2D eigenvalue weighted by atomic mass is 16.1. The minimum atomic E-state index is 0. The lowest BCUT2D eigenvalue weighted by molar-refractivity contribution is 0.101. The van der Waals surface area contributed by atoms with E-state index in [1.54, 1.807) is 6.92 Å². The number of hydrogen-bond acceptors (Lipinski definition) is 1. The lowest BCUT2D eigenvalue weighted by Gasteiger charge is -1.89. The van der Waals surface area contributed by atoms with Crippen LogP contribution < -0.4 is 0 Å². The van der Waals surface area contributed by atoms with E-state index in [1.165, 1.54) is 5.56 Å². The van der Waals surface area contributed by atoms with Gasteiger partial charge in [-0.05, 0) is 18.9 Å². The summed E-state index contributed by atoms with van der Waals surface area (Å²) in [7, 11) is 0. The van der Waals surface area contributed by atoms with Gasteiger partial charge in [0.2, 0.25) is 0 Å². The molecule has 0 bridgehead atoms. The Morgan fingerprint density at radius 3 is 1.19 bits per heavy atom. The standard InChI is InChI=1S/C8H8O.C8H10.4C2H6.CH4.H2/c1-7(9)8-5-3-2-4-6-8;1-2-8-6-4-3-5-7-8;4*1-2;;/h2-6H,1H3;3-7H,2H2,1H3;4*1-2H3;1H4;1H. The van der Waals surface area contributed by atoms with Crippen LogP contribution in [0.1, 0.15) is 94.0 Å². The van der Waals surface area contributed by atoms with E-state index >= 15 is 0 Å². The van der Waals surface area contributed by atoms with Crippen molar-refractivity contribution in [3.8, 4) is 0 Å². The van der Waals surface area contributed by atoms with Gasteiger partial charge in [0.15, 0.2) is 5.78 Å². The minimum Gasteiger partial charge on any atom is -0.295 e. The highest BCUT2D eigenvalue weighted by Gasteiger charge is 1.92. The third-order valence-corrected chi connectivity index (χ3v) is 2.43. The molecule has 0 unspecified atom stereocenters. The average Bonchev–Trinajstić information content (AvgIpc) is 2.75. The van der Waals surface area contributed by atoms with Gasteiger partial charge in [-0.15, -0.1) is 0 Å². The van der Waals surface area contributed by atoms with Crippen LogP contribution in [0.2, 0.25) is 0 Å². The molecule has 0 N–H and O–H groups in total. The number of carbonyl (C=O) groups excluding carboxylic acids is 1. The molecule has 0 atom stereocenters. The van der Waals surface area contributed by atoms with Crippen molar-refractivity contribution < 1.29 is 6.22 Å². The van der Waals surface area contributed by atoms with Gasteiger partial charge in [0.05, 0.1) is 0 Å². The topological polar surface area (TPSA) is 17.1 Å². The van der Waals surface area contributed by atoms with Gasteiger partial charge >= 0.3 is 0 Å². The van der Waals surface area contributed by atoms with Crippen molar-refractivity contribution in [3.05, 3.63) is 71.8 Å². The molecule has 0 aliphatic rings. The molecule has 0 aromatic heterocycles. The van der Waals surface area contributed by atoms with Crippen molar-refractivity contribution in [3.63, 3.8) is 0 Å². The fourth-order valence-electron chi connectivity index (χ4n) is 1.39. The first-order chi connectivity index (χ1) is 12.2. The number of benzene rings is 2. The second kappa shape index (κ2) is 34.4. The molecular formula is C25H48O. The van der Waals surface area contributed by atoms with E-state index in [-0.39, 0.29) is 14.6 Å². The van der Waals surface area contributed by atoms with Crippen molar-refractivity contribution in [2.75, 3.05) is 0 Å². The van der Waals surface area contributed by atoms with Crippen molar-refractivity contribution in [2.24, 2.45) is 0 Å².